The summed E-state index contributed by atoms with van der Waals surface area (Å²) in [5, 5.41) is 14.3. The van der Waals surface area contributed by atoms with Crippen molar-refractivity contribution >= 4 is 46.8 Å². The molecule has 6 atom stereocenters. The Balaban J connectivity index is 0.000000196. The molecule has 17 nitrogen and oxygen atoms in total. The molecule has 0 spiro atoms. The van der Waals surface area contributed by atoms with Gasteiger partial charge in [-0.3, -0.25) is 19.2 Å². The van der Waals surface area contributed by atoms with E-state index in [1.807, 2.05) is 85.2 Å². The van der Waals surface area contributed by atoms with Crippen LogP contribution in [0.1, 0.15) is 109 Å². The fourth-order valence-electron chi connectivity index (χ4n) is 10.2. The number of nitrogens with one attached hydrogen (secondary N) is 6. The molecule has 81 heavy (non-hydrogen) atoms. The maximum Gasteiger partial charge on any atom is 0.255 e. The molecule has 2 aliphatic heterocycles. The number of amides is 4. The minimum absolute atomic E-state index is 0.0229. The zero-order valence-electron chi connectivity index (χ0n) is 44.6. The second-order valence-corrected chi connectivity index (χ2v) is 20.8. The number of primary amides is 2. The van der Waals surface area contributed by atoms with Gasteiger partial charge < -0.3 is 56.9 Å². The smallest absolute Gasteiger partial charge is 0.255 e. The number of nitrogens with zero attached hydrogens (tertiary/aromatic N) is 2. The predicted molar refractivity (Wildman–Crippen MR) is 310 cm³/mol. The number of ether oxygens (including phenoxy) is 3. The first-order chi connectivity index (χ1) is 39.4. The number of aromatic amines is 2. The van der Waals surface area contributed by atoms with E-state index in [0.29, 0.717) is 58.7 Å². The molecule has 4 unspecified atom stereocenters. The molecule has 2 aromatic heterocycles. The molecule has 0 aliphatic carbocycles. The molecule has 2 aliphatic rings. The SMILES string of the molecule is COc1cccc(CC(NC2CCOc3c(C(=O)N[C@@H](Cc4ccc(Cl)cc4)C(N)=O)cccc32)c2cnc[nH]2)c1.NC(=O)[C@H](Cc1ccc(Cl)cc1)NC(=O)c1cccc2c1OCCC2NC(CCc1ccccc1)c1cnc[nH]1. The van der Waals surface area contributed by atoms with Crippen LogP contribution in [0.2, 0.25) is 10.0 Å². The number of halogens is 2. The summed E-state index contributed by atoms with van der Waals surface area (Å²) >= 11 is 12.0. The molecule has 0 radical (unpaired) electrons. The van der Waals surface area contributed by atoms with Gasteiger partial charge in [0.2, 0.25) is 11.8 Å². The van der Waals surface area contributed by atoms with Crippen LogP contribution in [0.15, 0.2) is 165 Å². The van der Waals surface area contributed by atoms with E-state index >= 15 is 0 Å². The lowest BCUT2D eigenvalue weighted by Crippen LogP contribution is -2.46. The molecule has 0 saturated heterocycles. The van der Waals surface area contributed by atoms with Crippen LogP contribution in [0, 0.1) is 0 Å². The van der Waals surface area contributed by atoms with E-state index in [1.54, 1.807) is 68.3 Å². The number of rotatable bonds is 22. The molecular formula is C62H64Cl2N10O7. The topological polar surface area (TPSA) is 253 Å². The highest BCUT2D eigenvalue weighted by molar-refractivity contribution is 6.30. The molecule has 4 heterocycles. The average molecular weight is 1130 g/mol. The van der Waals surface area contributed by atoms with Crippen LogP contribution < -0.4 is 46.9 Å². The number of fused-ring (bicyclic) bond motifs is 2. The molecule has 4 amide bonds. The van der Waals surface area contributed by atoms with Crippen molar-refractivity contribution in [2.45, 2.75) is 81.2 Å². The van der Waals surface area contributed by atoms with E-state index in [9.17, 15) is 19.2 Å². The number of H-pyrrole nitrogens is 2. The van der Waals surface area contributed by atoms with Gasteiger partial charge in [0.1, 0.15) is 29.3 Å². The summed E-state index contributed by atoms with van der Waals surface area (Å²) in [6.07, 6.45) is 11.4. The van der Waals surface area contributed by atoms with Gasteiger partial charge in [-0.05, 0) is 90.0 Å². The highest BCUT2D eigenvalue weighted by Crippen LogP contribution is 2.39. The van der Waals surface area contributed by atoms with Crippen LogP contribution in [-0.2, 0) is 35.3 Å². The van der Waals surface area contributed by atoms with Gasteiger partial charge in [-0.25, -0.2) is 9.97 Å². The van der Waals surface area contributed by atoms with E-state index in [2.05, 4.69) is 59.4 Å². The number of hydrogen-bond donors (Lipinski definition) is 8. The van der Waals surface area contributed by atoms with E-state index in [1.165, 1.54) is 5.56 Å². The Morgan fingerprint density at radius 2 is 1.07 bits per heavy atom. The lowest BCUT2D eigenvalue weighted by molar-refractivity contribution is -0.120. The Morgan fingerprint density at radius 3 is 1.56 bits per heavy atom. The summed E-state index contributed by atoms with van der Waals surface area (Å²) in [5.74, 6) is -0.277. The van der Waals surface area contributed by atoms with Gasteiger partial charge in [0, 0.05) is 77.4 Å². The fourth-order valence-corrected chi connectivity index (χ4v) is 10.4. The zero-order valence-corrected chi connectivity index (χ0v) is 46.1. The number of carbonyl (C=O) groups is 4. The largest absolute Gasteiger partial charge is 0.497 e. The van der Waals surface area contributed by atoms with Crippen LogP contribution in [0.3, 0.4) is 0 Å². The predicted octanol–water partition coefficient (Wildman–Crippen LogP) is 8.97. The maximum absolute atomic E-state index is 13.4. The van der Waals surface area contributed by atoms with Gasteiger partial charge >= 0.3 is 0 Å². The second-order valence-electron chi connectivity index (χ2n) is 19.9. The number of aryl methyl sites for hydroxylation is 1. The van der Waals surface area contributed by atoms with Crippen LogP contribution >= 0.6 is 23.2 Å². The molecule has 0 fully saturated rings. The van der Waals surface area contributed by atoms with Gasteiger partial charge in [0.25, 0.3) is 11.8 Å². The number of nitrogens with two attached hydrogens (primary N) is 2. The summed E-state index contributed by atoms with van der Waals surface area (Å²) in [5.41, 5.74) is 19.8. The minimum atomic E-state index is -0.898. The standard InChI is InChI=1S/C31H32ClN5O4.C31H32ClN5O3/c1-40-22-5-2-4-20(14-22)16-26(28-17-34-18-35-28)36-25-12-13-41-29-23(25)6-3-7-24(29)31(39)37-27(30(33)38)15-19-8-10-21(32)11-9-19;32-22-12-9-21(10-13-22)17-27(30(33)38)37-31(39)24-8-4-7-23-25(15-16-40-29(23)24)36-26(28-18-34-19-35-28)14-11-20-5-2-1-3-6-20/h2-11,14,17-18,25-27,36H,12-13,15-16H2,1H3,(H2,33,38)(H,34,35)(H,37,39);1-10,12-13,18-19,25-27,36H,11,14-17H2,(H2,33,38)(H,34,35)(H,37,39)/t2*25?,26?,27-/m00/s1. The highest BCUT2D eigenvalue weighted by atomic mass is 35.5. The van der Waals surface area contributed by atoms with Crippen LogP contribution in [-0.4, -0.2) is 76.0 Å². The summed E-state index contributed by atoms with van der Waals surface area (Å²) in [6, 6.07) is 41.5. The molecule has 8 aromatic rings. The first-order valence-corrected chi connectivity index (χ1v) is 27.5. The third-order valence-corrected chi connectivity index (χ3v) is 14.9. The number of benzene rings is 6. The lowest BCUT2D eigenvalue weighted by atomic mass is 9.94. The molecule has 19 heteroatoms. The Kier molecular flexibility index (Phi) is 19.5. The number of aromatic nitrogens is 4. The molecule has 6 aromatic carbocycles. The fraction of sp³-hybridized carbons (Fsp3) is 0.258. The van der Waals surface area contributed by atoms with Crippen molar-refractivity contribution in [1.82, 2.24) is 41.2 Å². The van der Waals surface area contributed by atoms with Crippen molar-refractivity contribution in [3.63, 3.8) is 0 Å². The van der Waals surface area contributed by atoms with E-state index in [4.69, 9.17) is 48.9 Å². The Hall–Kier alpha value is -8.48. The number of carbonyl (C=O) groups excluding carboxylic acids is 4. The lowest BCUT2D eigenvalue weighted by Gasteiger charge is -2.31. The number of hydrogen-bond acceptors (Lipinski definition) is 11. The number of imidazole rings is 2. The Labute approximate surface area is 479 Å². The molecular weight excluding hydrogens is 1070 g/mol. The Bertz CT molecular complexity index is 3370. The average Bonchev–Trinajstić information content (AvgIpc) is 4.28. The minimum Gasteiger partial charge on any atom is -0.497 e. The van der Waals surface area contributed by atoms with E-state index in [0.717, 1.165) is 64.2 Å². The van der Waals surface area contributed by atoms with E-state index < -0.39 is 35.7 Å². The van der Waals surface area contributed by atoms with Crippen molar-refractivity contribution < 1.29 is 33.4 Å². The van der Waals surface area contributed by atoms with Gasteiger partial charge in [-0.1, -0.05) is 114 Å². The van der Waals surface area contributed by atoms with E-state index in [-0.39, 0.29) is 37.0 Å². The summed E-state index contributed by atoms with van der Waals surface area (Å²) < 4.78 is 17.5. The third kappa shape index (κ3) is 15.3. The zero-order chi connectivity index (χ0) is 56.7. The summed E-state index contributed by atoms with van der Waals surface area (Å²) in [6.45, 7) is 0.876. The second kappa shape index (κ2) is 27.6. The van der Waals surface area contributed by atoms with Crippen LogP contribution in [0.4, 0.5) is 0 Å². The van der Waals surface area contributed by atoms with Crippen molar-refractivity contribution in [3.05, 3.63) is 231 Å². The normalized spacial score (nSPS) is 15.8. The number of methoxy groups -OCH3 is 1. The molecule has 0 bridgehead atoms. The summed E-state index contributed by atoms with van der Waals surface area (Å²) in [7, 11) is 1.65. The molecule has 10 N–H and O–H groups in total. The maximum atomic E-state index is 13.4. The van der Waals surface area contributed by atoms with Gasteiger partial charge in [0.05, 0.1) is 61.5 Å². The highest BCUT2D eigenvalue weighted by Gasteiger charge is 2.32. The van der Waals surface area contributed by atoms with Crippen molar-refractivity contribution in [1.29, 1.82) is 0 Å². The third-order valence-electron chi connectivity index (χ3n) is 14.4. The number of para-hydroxylation sites is 2. The first kappa shape index (κ1) is 57.2. The summed E-state index contributed by atoms with van der Waals surface area (Å²) in [4.78, 5) is 66.2. The van der Waals surface area contributed by atoms with Crippen molar-refractivity contribution in [3.8, 4) is 17.2 Å². The van der Waals surface area contributed by atoms with Gasteiger partial charge in [-0.15, -0.1) is 0 Å². The van der Waals surface area contributed by atoms with Crippen LogP contribution in [0.25, 0.3) is 0 Å². The molecule has 10 rings (SSSR count). The first-order valence-electron chi connectivity index (χ1n) is 26.7. The van der Waals surface area contributed by atoms with Crippen LogP contribution in [0.5, 0.6) is 17.2 Å². The molecule has 418 valence electrons. The Morgan fingerprint density at radius 1 is 0.593 bits per heavy atom. The molecule has 0 saturated carbocycles. The monoisotopic (exact) mass is 1130 g/mol. The van der Waals surface area contributed by atoms with Gasteiger partial charge in [0.15, 0.2) is 0 Å². The van der Waals surface area contributed by atoms with Gasteiger partial charge in [-0.2, -0.15) is 0 Å². The van der Waals surface area contributed by atoms with Crippen molar-refractivity contribution in [2.24, 2.45) is 11.5 Å². The quantitative estimate of drug-likeness (QED) is 0.0318. The van der Waals surface area contributed by atoms with Crippen molar-refractivity contribution in [2.75, 3.05) is 20.3 Å².